The van der Waals surface area contributed by atoms with Gasteiger partial charge in [-0.2, -0.15) is 0 Å². The predicted molar refractivity (Wildman–Crippen MR) is 124 cm³/mol. The van der Waals surface area contributed by atoms with Crippen LogP contribution in [-0.4, -0.2) is 36.8 Å². The largest absolute Gasteiger partial charge is 0.342 e. The molecule has 0 saturated heterocycles. The van der Waals surface area contributed by atoms with E-state index in [2.05, 4.69) is 25.8 Å². The fourth-order valence-corrected chi connectivity index (χ4v) is 4.62. The van der Waals surface area contributed by atoms with E-state index in [4.69, 9.17) is 0 Å². The van der Waals surface area contributed by atoms with E-state index >= 15 is 0 Å². The van der Waals surface area contributed by atoms with Crippen molar-refractivity contribution in [3.63, 3.8) is 0 Å². The van der Waals surface area contributed by atoms with E-state index in [1.807, 2.05) is 57.4 Å². The molecule has 0 saturated carbocycles. The van der Waals surface area contributed by atoms with Crippen molar-refractivity contribution < 1.29 is 9.59 Å². The van der Waals surface area contributed by atoms with E-state index < -0.39 is 0 Å². The van der Waals surface area contributed by atoms with Gasteiger partial charge in [0.15, 0.2) is 16.1 Å². The van der Waals surface area contributed by atoms with Gasteiger partial charge in [0.1, 0.15) is 0 Å². The van der Waals surface area contributed by atoms with Crippen molar-refractivity contribution in [3.05, 3.63) is 52.3 Å². The molecule has 0 aliphatic rings. The molecule has 0 unspecified atom stereocenters. The van der Waals surface area contributed by atoms with Gasteiger partial charge in [-0.15, -0.1) is 21.5 Å². The highest BCUT2D eigenvalue weighted by Crippen LogP contribution is 2.27. The fraction of sp³-hybridized carbons (Fsp3) is 0.381. The molecule has 31 heavy (non-hydrogen) atoms. The number of carbonyl (C=O) groups is 2. The zero-order chi connectivity index (χ0) is 22.5. The molecule has 0 spiro atoms. The number of nitrogens with zero attached hydrogens (tertiary/aromatic N) is 4. The van der Waals surface area contributed by atoms with Crippen LogP contribution in [0.15, 0.2) is 35.5 Å². The number of carbonyl (C=O) groups excluding carboxylic acids is 2. The quantitative estimate of drug-likeness (QED) is 0.495. The highest BCUT2D eigenvalue weighted by molar-refractivity contribution is 8.00. The summed E-state index contributed by atoms with van der Waals surface area (Å²) in [7, 11) is 0. The number of aryl methyl sites for hydroxylation is 2. The maximum Gasteiger partial charge on any atom is 0.251 e. The standard InChI is InChI=1S/C21H26N6O2S2/c1-6-27-17(13(3)22-19(29)16-10-8-7-9-11-16)25-26-21(27)31-15(5)18(28)24-20-23-12(2)14(4)30-20/h7-11,13,15H,6H2,1-5H3,(H,22,29)(H,23,24,28)/t13-,15-/m1/s1. The first-order chi connectivity index (χ1) is 14.8. The number of nitrogens with one attached hydrogen (secondary N) is 2. The lowest BCUT2D eigenvalue weighted by molar-refractivity contribution is -0.115. The lowest BCUT2D eigenvalue weighted by atomic mass is 10.2. The zero-order valence-electron chi connectivity index (χ0n) is 18.2. The van der Waals surface area contributed by atoms with Crippen molar-refractivity contribution in [3.8, 4) is 0 Å². The van der Waals surface area contributed by atoms with E-state index in [0.717, 1.165) is 10.6 Å². The Bertz CT molecular complexity index is 1040. The van der Waals surface area contributed by atoms with Crippen LogP contribution in [0.25, 0.3) is 0 Å². The summed E-state index contributed by atoms with van der Waals surface area (Å²) in [5.74, 6) is 0.333. The molecule has 0 fully saturated rings. The summed E-state index contributed by atoms with van der Waals surface area (Å²) in [6, 6.07) is 8.71. The fourth-order valence-electron chi connectivity index (χ4n) is 2.88. The van der Waals surface area contributed by atoms with Crippen molar-refractivity contribution in [2.75, 3.05) is 5.32 Å². The van der Waals surface area contributed by atoms with Crippen molar-refractivity contribution in [2.24, 2.45) is 0 Å². The molecule has 2 amide bonds. The highest BCUT2D eigenvalue weighted by Gasteiger charge is 2.23. The van der Waals surface area contributed by atoms with Gasteiger partial charge in [0.05, 0.1) is 17.0 Å². The van der Waals surface area contributed by atoms with Crippen LogP contribution in [0, 0.1) is 13.8 Å². The second-order valence-corrected chi connectivity index (χ2v) is 9.57. The molecule has 0 aliphatic heterocycles. The number of thioether (sulfide) groups is 1. The summed E-state index contributed by atoms with van der Waals surface area (Å²) in [6.45, 7) is 10.2. The Balaban J connectivity index is 1.67. The molecule has 3 aromatic rings. The molecule has 0 bridgehead atoms. The average Bonchev–Trinajstić information content (AvgIpc) is 3.30. The van der Waals surface area contributed by atoms with Crippen LogP contribution in [0.5, 0.6) is 0 Å². The van der Waals surface area contributed by atoms with Gasteiger partial charge in [-0.3, -0.25) is 9.59 Å². The second-order valence-electron chi connectivity index (χ2n) is 7.06. The number of hydrogen-bond donors (Lipinski definition) is 2. The Morgan fingerprint density at radius 2 is 1.87 bits per heavy atom. The Morgan fingerprint density at radius 3 is 2.48 bits per heavy atom. The minimum absolute atomic E-state index is 0.142. The molecule has 2 heterocycles. The van der Waals surface area contributed by atoms with Crippen LogP contribution in [0.1, 0.15) is 53.6 Å². The number of thiazole rings is 1. The lowest BCUT2D eigenvalue weighted by Crippen LogP contribution is -2.28. The Hall–Kier alpha value is -2.72. The maximum atomic E-state index is 12.6. The minimum Gasteiger partial charge on any atom is -0.342 e. The van der Waals surface area contributed by atoms with Crippen LogP contribution in [-0.2, 0) is 11.3 Å². The van der Waals surface area contributed by atoms with E-state index in [1.165, 1.54) is 23.1 Å². The van der Waals surface area contributed by atoms with Gasteiger partial charge in [-0.05, 0) is 46.8 Å². The molecule has 164 valence electrons. The molecule has 1 aromatic carbocycles. The molecular formula is C21H26N6O2S2. The average molecular weight is 459 g/mol. The van der Waals surface area contributed by atoms with Gasteiger partial charge in [0.25, 0.3) is 5.91 Å². The number of anilines is 1. The first-order valence-corrected chi connectivity index (χ1v) is 11.7. The van der Waals surface area contributed by atoms with E-state index in [-0.39, 0.29) is 23.1 Å². The number of rotatable bonds is 8. The smallest absolute Gasteiger partial charge is 0.251 e. The van der Waals surface area contributed by atoms with Crippen molar-refractivity contribution >= 4 is 40.0 Å². The molecule has 10 heteroatoms. The van der Waals surface area contributed by atoms with Crippen LogP contribution in [0.2, 0.25) is 0 Å². The normalized spacial score (nSPS) is 12.9. The summed E-state index contributed by atoms with van der Waals surface area (Å²) >= 11 is 2.79. The monoisotopic (exact) mass is 458 g/mol. The van der Waals surface area contributed by atoms with Gasteiger partial charge < -0.3 is 15.2 Å². The van der Waals surface area contributed by atoms with E-state index in [1.54, 1.807) is 12.1 Å². The molecule has 2 N–H and O–H groups in total. The summed E-state index contributed by atoms with van der Waals surface area (Å²) in [4.78, 5) is 30.5. The van der Waals surface area contributed by atoms with E-state index in [9.17, 15) is 9.59 Å². The first-order valence-electron chi connectivity index (χ1n) is 10.0. The number of aromatic nitrogens is 4. The molecule has 2 aromatic heterocycles. The Kier molecular flexibility index (Phi) is 7.45. The van der Waals surface area contributed by atoms with E-state index in [0.29, 0.717) is 28.2 Å². The van der Waals surface area contributed by atoms with Crippen molar-refractivity contribution in [2.45, 2.75) is 57.6 Å². The van der Waals surface area contributed by atoms with Crippen LogP contribution in [0.4, 0.5) is 5.13 Å². The number of benzene rings is 1. The van der Waals surface area contributed by atoms with Crippen LogP contribution < -0.4 is 10.6 Å². The molecule has 0 aliphatic carbocycles. The molecule has 0 radical (unpaired) electrons. The predicted octanol–water partition coefficient (Wildman–Crippen LogP) is 3.98. The topological polar surface area (TPSA) is 102 Å². The zero-order valence-corrected chi connectivity index (χ0v) is 19.8. The van der Waals surface area contributed by atoms with Crippen LogP contribution in [0.3, 0.4) is 0 Å². The molecule has 3 rings (SSSR count). The van der Waals surface area contributed by atoms with Gasteiger partial charge >= 0.3 is 0 Å². The summed E-state index contributed by atoms with van der Waals surface area (Å²) < 4.78 is 1.92. The van der Waals surface area contributed by atoms with Gasteiger partial charge in [-0.1, -0.05) is 30.0 Å². The first kappa shape index (κ1) is 23.0. The Labute approximate surface area is 189 Å². The van der Waals surface area contributed by atoms with Crippen molar-refractivity contribution in [1.82, 2.24) is 25.1 Å². The third kappa shape index (κ3) is 5.50. The summed E-state index contributed by atoms with van der Waals surface area (Å²) in [5, 5.41) is 15.2. The summed E-state index contributed by atoms with van der Waals surface area (Å²) in [6.07, 6.45) is 0. The lowest BCUT2D eigenvalue weighted by Gasteiger charge is -2.16. The maximum absolute atomic E-state index is 12.6. The number of hydrogen-bond acceptors (Lipinski definition) is 7. The van der Waals surface area contributed by atoms with Crippen LogP contribution >= 0.6 is 23.1 Å². The van der Waals surface area contributed by atoms with Gasteiger partial charge in [0.2, 0.25) is 5.91 Å². The number of amides is 2. The second kappa shape index (κ2) is 10.1. The van der Waals surface area contributed by atoms with Gasteiger partial charge in [-0.25, -0.2) is 4.98 Å². The minimum atomic E-state index is -0.388. The SMILES string of the molecule is CCn1c(S[C@H](C)C(=O)Nc2nc(C)c(C)s2)nnc1[C@@H](C)NC(=O)c1ccccc1. The third-order valence-corrected chi connectivity index (χ3v) is 6.81. The molecular weight excluding hydrogens is 432 g/mol. The highest BCUT2D eigenvalue weighted by atomic mass is 32.2. The Morgan fingerprint density at radius 1 is 1.16 bits per heavy atom. The molecule has 2 atom stereocenters. The third-order valence-electron chi connectivity index (χ3n) is 4.74. The van der Waals surface area contributed by atoms with Crippen molar-refractivity contribution in [1.29, 1.82) is 0 Å². The van der Waals surface area contributed by atoms with Gasteiger partial charge in [0, 0.05) is 17.0 Å². The summed E-state index contributed by atoms with van der Waals surface area (Å²) in [5.41, 5.74) is 1.51. The molecule has 8 nitrogen and oxygen atoms in total.